The fourth-order valence-corrected chi connectivity index (χ4v) is 4.46. The largest absolute Gasteiger partial charge is 0.317 e. The zero-order valence-corrected chi connectivity index (χ0v) is 14.0. The van der Waals surface area contributed by atoms with E-state index < -0.39 is 0 Å². The molecule has 4 rings (SSSR count). The van der Waals surface area contributed by atoms with Crippen molar-refractivity contribution in [2.75, 3.05) is 31.6 Å². The third-order valence-corrected chi connectivity index (χ3v) is 5.98. The Balaban J connectivity index is 1.46. The van der Waals surface area contributed by atoms with Gasteiger partial charge in [0.25, 0.3) is 0 Å². The van der Waals surface area contributed by atoms with Crippen LogP contribution in [0.1, 0.15) is 42.7 Å². The highest BCUT2D eigenvalue weighted by molar-refractivity contribution is 5.78. The molecule has 1 aromatic rings. The molecule has 1 aliphatic carbocycles. The maximum atomic E-state index is 11.2. The second-order valence-electron chi connectivity index (χ2n) is 7.35. The molecule has 0 spiro atoms. The molecule has 2 unspecified atom stereocenters. The number of benzene rings is 1. The highest BCUT2D eigenvalue weighted by atomic mass is 16.1. The molecule has 4 heteroatoms. The molecular formula is C19H27N3O. The minimum absolute atomic E-state index is 0.687. The topological polar surface area (TPSA) is 35.6 Å². The maximum absolute atomic E-state index is 11.2. The van der Waals surface area contributed by atoms with Crippen LogP contribution in [0.3, 0.4) is 0 Å². The average molecular weight is 313 g/mol. The molecule has 1 aromatic carbocycles. The second-order valence-corrected chi connectivity index (χ2v) is 7.35. The summed E-state index contributed by atoms with van der Waals surface area (Å²) in [7, 11) is 2.31. The molecule has 0 radical (unpaired) electrons. The first-order chi connectivity index (χ1) is 11.3. The number of fused-ring (bicyclic) bond motifs is 1. The van der Waals surface area contributed by atoms with E-state index in [-0.39, 0.29) is 0 Å². The summed E-state index contributed by atoms with van der Waals surface area (Å²) in [5, 5.41) is 3.46. The van der Waals surface area contributed by atoms with Gasteiger partial charge >= 0.3 is 0 Å². The van der Waals surface area contributed by atoms with E-state index >= 15 is 0 Å². The van der Waals surface area contributed by atoms with Crippen LogP contribution in [0.5, 0.6) is 0 Å². The van der Waals surface area contributed by atoms with Crippen LogP contribution >= 0.6 is 0 Å². The molecule has 4 nitrogen and oxygen atoms in total. The predicted molar refractivity (Wildman–Crippen MR) is 93.0 cm³/mol. The highest BCUT2D eigenvalue weighted by Gasteiger charge is 2.43. The van der Waals surface area contributed by atoms with Crippen LogP contribution in [0.2, 0.25) is 0 Å². The van der Waals surface area contributed by atoms with Gasteiger partial charge in [-0.15, -0.1) is 0 Å². The summed E-state index contributed by atoms with van der Waals surface area (Å²) in [6.45, 7) is 3.18. The summed E-state index contributed by atoms with van der Waals surface area (Å²) in [5.41, 5.74) is 3.96. The fraction of sp³-hybridized carbons (Fsp3) is 0.632. The first-order valence-corrected chi connectivity index (χ1v) is 9.05. The van der Waals surface area contributed by atoms with Crippen molar-refractivity contribution in [2.24, 2.45) is 0 Å². The van der Waals surface area contributed by atoms with E-state index in [1.165, 1.54) is 30.4 Å². The number of piperidine rings is 1. The molecule has 2 atom stereocenters. The Hall–Kier alpha value is -1.39. The predicted octanol–water partition coefficient (Wildman–Crippen LogP) is 2.14. The first-order valence-electron chi connectivity index (χ1n) is 9.05. The van der Waals surface area contributed by atoms with Crippen molar-refractivity contribution >= 4 is 12.1 Å². The summed E-state index contributed by atoms with van der Waals surface area (Å²) >= 11 is 0. The van der Waals surface area contributed by atoms with E-state index in [2.05, 4.69) is 35.5 Å². The summed E-state index contributed by atoms with van der Waals surface area (Å²) in [5.74, 6) is 0.687. The van der Waals surface area contributed by atoms with Gasteiger partial charge in [-0.2, -0.15) is 0 Å². The number of likely N-dealkylation sites (N-methyl/N-ethyl adjacent to an activating group) is 1. The van der Waals surface area contributed by atoms with Crippen molar-refractivity contribution in [1.82, 2.24) is 10.2 Å². The van der Waals surface area contributed by atoms with Crippen LogP contribution < -0.4 is 10.2 Å². The molecule has 0 aromatic heterocycles. The van der Waals surface area contributed by atoms with Crippen molar-refractivity contribution in [1.29, 1.82) is 0 Å². The Morgan fingerprint density at radius 2 is 2.13 bits per heavy atom. The Labute approximate surface area is 138 Å². The zero-order valence-electron chi connectivity index (χ0n) is 14.0. The molecular weight excluding hydrogens is 286 g/mol. The summed E-state index contributed by atoms with van der Waals surface area (Å²) in [6, 6.07) is 8.24. The molecule has 1 saturated heterocycles. The Bertz CT molecular complexity index is 582. The monoisotopic (exact) mass is 313 g/mol. The van der Waals surface area contributed by atoms with E-state index in [1.54, 1.807) is 0 Å². The van der Waals surface area contributed by atoms with Crippen molar-refractivity contribution in [3.8, 4) is 0 Å². The molecule has 2 fully saturated rings. The van der Waals surface area contributed by atoms with E-state index in [1.807, 2.05) is 4.90 Å². The van der Waals surface area contributed by atoms with Gasteiger partial charge < -0.3 is 10.2 Å². The minimum atomic E-state index is 0.687. The normalized spacial score (nSPS) is 27.8. The molecule has 23 heavy (non-hydrogen) atoms. The molecule has 1 amide bonds. The number of hydrogen-bond acceptors (Lipinski definition) is 3. The van der Waals surface area contributed by atoms with Crippen LogP contribution in [-0.4, -0.2) is 50.1 Å². The van der Waals surface area contributed by atoms with Crippen LogP contribution in [0, 0.1) is 0 Å². The molecule has 3 aliphatic rings. The van der Waals surface area contributed by atoms with Crippen molar-refractivity contribution in [3.63, 3.8) is 0 Å². The minimum Gasteiger partial charge on any atom is -0.317 e. The third-order valence-electron chi connectivity index (χ3n) is 5.98. The first kappa shape index (κ1) is 15.2. The smallest absolute Gasteiger partial charge is 0.214 e. The lowest BCUT2D eigenvalue weighted by molar-refractivity contribution is -0.107. The maximum Gasteiger partial charge on any atom is 0.214 e. The molecule has 1 saturated carbocycles. The number of hydrogen-bond donors (Lipinski definition) is 1. The van der Waals surface area contributed by atoms with E-state index in [9.17, 15) is 4.79 Å². The molecule has 0 bridgehead atoms. The van der Waals surface area contributed by atoms with Crippen LogP contribution in [-0.2, 0) is 11.2 Å². The van der Waals surface area contributed by atoms with Crippen LogP contribution in [0.15, 0.2) is 18.2 Å². The molecule has 2 heterocycles. The van der Waals surface area contributed by atoms with Gasteiger partial charge in [0.15, 0.2) is 0 Å². The number of nitrogens with one attached hydrogen (secondary N) is 1. The lowest BCUT2D eigenvalue weighted by Crippen LogP contribution is -2.42. The van der Waals surface area contributed by atoms with Crippen molar-refractivity contribution in [3.05, 3.63) is 29.3 Å². The van der Waals surface area contributed by atoms with Gasteiger partial charge in [-0.1, -0.05) is 12.1 Å². The Kier molecular flexibility index (Phi) is 4.12. The number of carbonyl (C=O) groups is 1. The SMILES string of the molecule is CN(C1CCNCC1)C1CC1c1ccc2c(c1)CCCN2C=O. The second kappa shape index (κ2) is 6.25. The highest BCUT2D eigenvalue weighted by Crippen LogP contribution is 2.46. The van der Waals surface area contributed by atoms with Crippen molar-refractivity contribution in [2.45, 2.75) is 50.1 Å². The standard InChI is InChI=1S/C19H27N3O/c1-21(16-6-8-20-9-7-16)19-12-17(19)14-4-5-18-15(11-14)3-2-10-22(18)13-23/h4-5,11,13,16-17,19-20H,2-3,6-10,12H2,1H3. The van der Waals surface area contributed by atoms with Crippen LogP contribution in [0.4, 0.5) is 5.69 Å². The fourth-order valence-electron chi connectivity index (χ4n) is 4.46. The number of amides is 1. The number of aryl methyl sites for hydroxylation is 1. The Morgan fingerprint density at radius 1 is 1.30 bits per heavy atom. The number of nitrogens with zero attached hydrogens (tertiary/aromatic N) is 2. The number of anilines is 1. The summed E-state index contributed by atoms with van der Waals surface area (Å²) in [6.07, 6.45) is 7.00. The quantitative estimate of drug-likeness (QED) is 0.865. The lowest BCUT2D eigenvalue weighted by Gasteiger charge is -2.32. The van der Waals surface area contributed by atoms with Gasteiger partial charge in [0.05, 0.1) is 0 Å². The van der Waals surface area contributed by atoms with Gasteiger partial charge in [-0.05, 0) is 69.4 Å². The molecule has 2 aliphatic heterocycles. The Morgan fingerprint density at radius 3 is 2.91 bits per heavy atom. The van der Waals surface area contributed by atoms with E-state index in [0.29, 0.717) is 12.0 Å². The van der Waals surface area contributed by atoms with Gasteiger partial charge in [-0.3, -0.25) is 9.69 Å². The van der Waals surface area contributed by atoms with Crippen LogP contribution in [0.25, 0.3) is 0 Å². The number of rotatable bonds is 4. The molecule has 1 N–H and O–H groups in total. The van der Waals surface area contributed by atoms with Gasteiger partial charge in [0.2, 0.25) is 6.41 Å². The van der Waals surface area contributed by atoms with Gasteiger partial charge in [0, 0.05) is 30.2 Å². The third kappa shape index (κ3) is 2.90. The average Bonchev–Trinajstić information content (AvgIpc) is 3.41. The lowest BCUT2D eigenvalue weighted by atomic mass is 9.97. The van der Waals surface area contributed by atoms with Gasteiger partial charge in [0.1, 0.15) is 0 Å². The van der Waals surface area contributed by atoms with E-state index in [0.717, 1.165) is 50.6 Å². The zero-order chi connectivity index (χ0) is 15.8. The van der Waals surface area contributed by atoms with Gasteiger partial charge in [-0.25, -0.2) is 0 Å². The van der Waals surface area contributed by atoms with Crippen molar-refractivity contribution < 1.29 is 4.79 Å². The number of carbonyl (C=O) groups excluding carboxylic acids is 1. The van der Waals surface area contributed by atoms with E-state index in [4.69, 9.17) is 0 Å². The summed E-state index contributed by atoms with van der Waals surface area (Å²) < 4.78 is 0. The summed E-state index contributed by atoms with van der Waals surface area (Å²) in [4.78, 5) is 15.7. The molecule has 124 valence electrons.